The van der Waals surface area contributed by atoms with Crippen molar-refractivity contribution in [1.29, 1.82) is 0 Å². The normalized spacial score (nSPS) is 14.6. The van der Waals surface area contributed by atoms with Crippen molar-refractivity contribution < 1.29 is 23.5 Å². The highest BCUT2D eigenvalue weighted by molar-refractivity contribution is 9.10. The summed E-state index contributed by atoms with van der Waals surface area (Å²) >= 11 is 3.42. The fraction of sp³-hybridized carbons (Fsp3) is 0.233. The Morgan fingerprint density at radius 1 is 1.03 bits per heavy atom. The average molecular weight is 576 g/mol. The van der Waals surface area contributed by atoms with Crippen molar-refractivity contribution in [2.75, 3.05) is 18.1 Å². The number of hydrogen-bond donors (Lipinski definition) is 0. The van der Waals surface area contributed by atoms with E-state index in [9.17, 15) is 14.4 Å². The predicted octanol–water partition coefficient (Wildman–Crippen LogP) is 6.66. The predicted molar refractivity (Wildman–Crippen MR) is 148 cm³/mol. The third-order valence-corrected chi connectivity index (χ3v) is 6.92. The molecule has 194 valence electrons. The van der Waals surface area contributed by atoms with Gasteiger partial charge in [-0.2, -0.15) is 0 Å². The van der Waals surface area contributed by atoms with Gasteiger partial charge in [0.15, 0.2) is 5.43 Å². The summed E-state index contributed by atoms with van der Waals surface area (Å²) in [5, 5.41) is 0.380. The van der Waals surface area contributed by atoms with E-state index in [1.807, 2.05) is 24.3 Å². The summed E-state index contributed by atoms with van der Waals surface area (Å²) in [6.45, 7) is 4.66. The first-order chi connectivity index (χ1) is 18.4. The Kier molecular flexibility index (Phi) is 7.33. The first-order valence-corrected chi connectivity index (χ1v) is 13.3. The molecule has 0 radical (unpaired) electrons. The first kappa shape index (κ1) is 25.7. The molecule has 1 aliphatic heterocycles. The van der Waals surface area contributed by atoms with Gasteiger partial charge in [-0.3, -0.25) is 14.5 Å². The molecule has 4 aromatic rings. The van der Waals surface area contributed by atoms with Crippen molar-refractivity contribution in [3.63, 3.8) is 0 Å². The number of halogens is 1. The number of ether oxygens (including phenoxy) is 2. The van der Waals surface area contributed by atoms with E-state index >= 15 is 0 Å². The lowest BCUT2D eigenvalue weighted by Crippen LogP contribution is -2.29. The number of carbonyl (C=O) groups excluding carboxylic acids is 2. The standard InChI is InChI=1S/C30H26BrNO6/c1-3-5-15-37-22-8-6-7-19(16-22)26-25-27(33)23-17-20(31)11-14-24(23)38-28(25)29(34)32(26)21-12-9-18(10-13-21)30(35)36-4-2/h6-14,16-17,26H,3-5,15H2,1-2H3. The molecule has 0 fully saturated rings. The molecule has 7 nitrogen and oxygen atoms in total. The monoisotopic (exact) mass is 575 g/mol. The van der Waals surface area contributed by atoms with Gasteiger partial charge >= 0.3 is 5.97 Å². The molecule has 38 heavy (non-hydrogen) atoms. The van der Waals surface area contributed by atoms with Crippen LogP contribution in [0, 0.1) is 0 Å². The van der Waals surface area contributed by atoms with Crippen LogP contribution < -0.4 is 15.1 Å². The van der Waals surface area contributed by atoms with Crippen LogP contribution in [-0.4, -0.2) is 25.1 Å². The number of unbranched alkanes of at least 4 members (excludes halogenated alkanes) is 1. The summed E-state index contributed by atoms with van der Waals surface area (Å²) in [7, 11) is 0. The molecule has 1 aliphatic rings. The third kappa shape index (κ3) is 4.72. The summed E-state index contributed by atoms with van der Waals surface area (Å²) in [4.78, 5) is 41.4. The number of benzene rings is 3. The molecule has 5 rings (SSSR count). The maximum Gasteiger partial charge on any atom is 0.338 e. The molecule has 1 atom stereocenters. The second-order valence-electron chi connectivity index (χ2n) is 8.93. The fourth-order valence-electron chi connectivity index (χ4n) is 4.61. The van der Waals surface area contributed by atoms with Gasteiger partial charge in [-0.25, -0.2) is 4.79 Å². The van der Waals surface area contributed by atoms with E-state index in [-0.39, 0.29) is 23.4 Å². The lowest BCUT2D eigenvalue weighted by molar-refractivity contribution is 0.0526. The highest BCUT2D eigenvalue weighted by Crippen LogP contribution is 2.42. The topological polar surface area (TPSA) is 86.0 Å². The zero-order chi connectivity index (χ0) is 26.8. The van der Waals surface area contributed by atoms with Crippen molar-refractivity contribution in [1.82, 2.24) is 0 Å². The first-order valence-electron chi connectivity index (χ1n) is 12.5. The van der Waals surface area contributed by atoms with Crippen molar-refractivity contribution in [3.05, 3.63) is 104 Å². The number of rotatable bonds is 8. The van der Waals surface area contributed by atoms with Gasteiger partial charge in [0.25, 0.3) is 5.91 Å². The molecule has 0 saturated carbocycles. The summed E-state index contributed by atoms with van der Waals surface area (Å²) in [6, 6.07) is 18.4. The van der Waals surface area contributed by atoms with Gasteiger partial charge in [0.05, 0.1) is 35.8 Å². The average Bonchev–Trinajstić information content (AvgIpc) is 3.22. The molecule has 0 saturated heterocycles. The second-order valence-corrected chi connectivity index (χ2v) is 9.85. The van der Waals surface area contributed by atoms with Crippen LogP contribution in [0.25, 0.3) is 11.0 Å². The number of esters is 1. The molecule has 0 spiro atoms. The largest absolute Gasteiger partial charge is 0.494 e. The van der Waals surface area contributed by atoms with Crippen LogP contribution in [0.3, 0.4) is 0 Å². The fourth-order valence-corrected chi connectivity index (χ4v) is 4.97. The number of nitrogens with zero attached hydrogens (tertiary/aromatic N) is 1. The zero-order valence-corrected chi connectivity index (χ0v) is 22.6. The minimum absolute atomic E-state index is 0.00148. The number of hydrogen-bond acceptors (Lipinski definition) is 6. The molecule has 0 bridgehead atoms. The van der Waals surface area contributed by atoms with Gasteiger partial charge in [-0.05, 0) is 73.5 Å². The lowest BCUT2D eigenvalue weighted by Gasteiger charge is -2.25. The van der Waals surface area contributed by atoms with Crippen LogP contribution in [0.5, 0.6) is 5.75 Å². The summed E-state index contributed by atoms with van der Waals surface area (Å²) in [5.41, 5.74) is 1.92. The summed E-state index contributed by atoms with van der Waals surface area (Å²) in [6.07, 6.45) is 1.92. The summed E-state index contributed by atoms with van der Waals surface area (Å²) < 4.78 is 17.8. The quantitative estimate of drug-likeness (QED) is 0.172. The lowest BCUT2D eigenvalue weighted by atomic mass is 9.98. The van der Waals surface area contributed by atoms with Crippen LogP contribution in [0.1, 0.15) is 64.8 Å². The maximum atomic E-state index is 13.8. The number of anilines is 1. The Morgan fingerprint density at radius 2 is 1.82 bits per heavy atom. The van der Waals surface area contributed by atoms with Gasteiger partial charge in [0.2, 0.25) is 5.76 Å². The molecule has 1 aromatic heterocycles. The molecule has 3 aromatic carbocycles. The Labute approximate surface area is 228 Å². The molecule has 2 heterocycles. The minimum atomic E-state index is -0.750. The Hall–Kier alpha value is -3.91. The molecular weight excluding hydrogens is 550 g/mol. The SMILES string of the molecule is CCCCOc1cccc(C2c3c(oc4ccc(Br)cc4c3=O)C(=O)N2c2ccc(C(=O)OCC)cc2)c1. The van der Waals surface area contributed by atoms with Crippen LogP contribution in [0.4, 0.5) is 5.69 Å². The van der Waals surface area contributed by atoms with E-state index in [0.29, 0.717) is 40.1 Å². The van der Waals surface area contributed by atoms with E-state index in [1.165, 1.54) is 4.90 Å². The number of carbonyl (C=O) groups is 2. The molecule has 0 N–H and O–H groups in total. The second kappa shape index (κ2) is 10.8. The van der Waals surface area contributed by atoms with E-state index in [1.54, 1.807) is 49.4 Å². The van der Waals surface area contributed by atoms with Crippen LogP contribution >= 0.6 is 15.9 Å². The third-order valence-electron chi connectivity index (χ3n) is 6.43. The Morgan fingerprint density at radius 3 is 2.55 bits per heavy atom. The molecule has 8 heteroatoms. The molecule has 0 aliphatic carbocycles. The van der Waals surface area contributed by atoms with Crippen molar-refractivity contribution >= 4 is 44.5 Å². The van der Waals surface area contributed by atoms with Crippen LogP contribution in [-0.2, 0) is 4.74 Å². The molecule has 1 unspecified atom stereocenters. The summed E-state index contributed by atoms with van der Waals surface area (Å²) in [5.74, 6) is -0.227. The molecule has 1 amide bonds. The van der Waals surface area contributed by atoms with E-state index in [4.69, 9.17) is 13.9 Å². The van der Waals surface area contributed by atoms with Gasteiger partial charge in [0.1, 0.15) is 11.3 Å². The zero-order valence-electron chi connectivity index (χ0n) is 21.0. The minimum Gasteiger partial charge on any atom is -0.494 e. The Bertz CT molecular complexity index is 1580. The van der Waals surface area contributed by atoms with E-state index in [0.717, 1.165) is 17.3 Å². The van der Waals surface area contributed by atoms with Crippen molar-refractivity contribution in [2.45, 2.75) is 32.7 Å². The maximum absolute atomic E-state index is 13.8. The van der Waals surface area contributed by atoms with E-state index < -0.39 is 17.9 Å². The number of fused-ring (bicyclic) bond motifs is 2. The van der Waals surface area contributed by atoms with Gasteiger partial charge < -0.3 is 13.9 Å². The van der Waals surface area contributed by atoms with Crippen LogP contribution in [0.15, 0.2) is 80.4 Å². The van der Waals surface area contributed by atoms with E-state index in [2.05, 4.69) is 22.9 Å². The Balaban J connectivity index is 1.66. The highest BCUT2D eigenvalue weighted by atomic mass is 79.9. The molecular formula is C30H26BrNO6. The van der Waals surface area contributed by atoms with Gasteiger partial charge in [-0.1, -0.05) is 41.4 Å². The smallest absolute Gasteiger partial charge is 0.338 e. The van der Waals surface area contributed by atoms with Gasteiger partial charge in [-0.15, -0.1) is 0 Å². The van der Waals surface area contributed by atoms with Crippen molar-refractivity contribution in [3.8, 4) is 5.75 Å². The van der Waals surface area contributed by atoms with Crippen molar-refractivity contribution in [2.24, 2.45) is 0 Å². The van der Waals surface area contributed by atoms with Gasteiger partial charge in [0, 0.05) is 10.2 Å². The number of amides is 1. The van der Waals surface area contributed by atoms with Crippen LogP contribution in [0.2, 0.25) is 0 Å². The highest BCUT2D eigenvalue weighted by Gasteiger charge is 2.43.